The summed E-state index contributed by atoms with van der Waals surface area (Å²) in [6.45, 7) is 2.01. The summed E-state index contributed by atoms with van der Waals surface area (Å²) in [4.78, 5) is 13.9. The van der Waals surface area contributed by atoms with Crippen molar-refractivity contribution in [3.63, 3.8) is 0 Å². The van der Waals surface area contributed by atoms with E-state index in [1.165, 1.54) is 0 Å². The smallest absolute Gasteiger partial charge is 0.247 e. The normalized spacial score (nSPS) is 18.9. The number of likely N-dealkylation sites (N-methyl/N-ethyl adjacent to an activating group) is 1. The first-order valence-electron chi connectivity index (χ1n) is 5.43. The zero-order valence-electron chi connectivity index (χ0n) is 9.60. The molecule has 1 heterocycles. The monoisotopic (exact) mass is 216 g/mol. The van der Waals surface area contributed by atoms with Crippen LogP contribution in [-0.2, 0) is 4.79 Å². The quantitative estimate of drug-likeness (QED) is 0.821. The van der Waals surface area contributed by atoms with Crippen molar-refractivity contribution in [1.29, 1.82) is 0 Å². The molecule has 0 saturated heterocycles. The molecule has 1 N–H and O–H groups in total. The predicted molar refractivity (Wildman–Crippen MR) is 65.1 cm³/mol. The van der Waals surface area contributed by atoms with E-state index < -0.39 is 0 Å². The number of rotatable bonds is 2. The van der Waals surface area contributed by atoms with Gasteiger partial charge < -0.3 is 10.2 Å². The molecular formula is C13H16N2O. The van der Waals surface area contributed by atoms with E-state index in [9.17, 15) is 4.79 Å². The highest BCUT2D eigenvalue weighted by Crippen LogP contribution is 2.15. The van der Waals surface area contributed by atoms with E-state index in [-0.39, 0.29) is 11.9 Å². The first-order valence-corrected chi connectivity index (χ1v) is 5.43. The van der Waals surface area contributed by atoms with Crippen LogP contribution in [0.5, 0.6) is 0 Å². The lowest BCUT2D eigenvalue weighted by molar-refractivity contribution is -0.119. The Balaban J connectivity index is 2.02. The van der Waals surface area contributed by atoms with Crippen LogP contribution in [0, 0.1) is 6.92 Å². The molecule has 1 unspecified atom stereocenters. The molecule has 3 nitrogen and oxygen atoms in total. The minimum Gasteiger partial charge on any atom is -0.369 e. The van der Waals surface area contributed by atoms with Gasteiger partial charge in [-0.05, 0) is 37.2 Å². The van der Waals surface area contributed by atoms with Crippen molar-refractivity contribution >= 4 is 11.6 Å². The molecule has 0 radical (unpaired) electrons. The number of amides is 1. The maximum Gasteiger partial charge on any atom is 0.247 e. The Bertz CT molecular complexity index is 426. The van der Waals surface area contributed by atoms with Gasteiger partial charge in [0.1, 0.15) is 6.04 Å². The van der Waals surface area contributed by atoms with Gasteiger partial charge in [-0.1, -0.05) is 18.2 Å². The summed E-state index contributed by atoms with van der Waals surface area (Å²) >= 11 is 0. The van der Waals surface area contributed by atoms with Gasteiger partial charge in [0.05, 0.1) is 0 Å². The van der Waals surface area contributed by atoms with Gasteiger partial charge >= 0.3 is 0 Å². The van der Waals surface area contributed by atoms with Crippen molar-refractivity contribution in [3.05, 3.63) is 42.1 Å². The number of nitrogens with one attached hydrogen (secondary N) is 1. The molecular weight excluding hydrogens is 200 g/mol. The topological polar surface area (TPSA) is 32.3 Å². The second-order valence-corrected chi connectivity index (χ2v) is 4.16. The number of anilines is 1. The standard InChI is InChI=1S/C13H16N2O/c1-10-5-3-6-11(9-10)14-13(16)12-7-4-8-15(12)2/h3-6,8-9,12H,7H2,1-2H3,(H,14,16). The SMILES string of the molecule is Cc1cccc(NC(=O)C2CC=CN2C)c1. The Hall–Kier alpha value is -1.77. The Morgan fingerprint density at radius 1 is 1.50 bits per heavy atom. The molecule has 84 valence electrons. The second kappa shape index (κ2) is 4.39. The Morgan fingerprint density at radius 3 is 2.94 bits per heavy atom. The first-order chi connectivity index (χ1) is 7.66. The van der Waals surface area contributed by atoms with Crippen molar-refractivity contribution < 1.29 is 4.79 Å². The molecule has 0 bridgehead atoms. The number of carbonyl (C=O) groups is 1. The summed E-state index contributed by atoms with van der Waals surface area (Å²) in [5, 5.41) is 2.93. The van der Waals surface area contributed by atoms with Crippen molar-refractivity contribution in [2.75, 3.05) is 12.4 Å². The van der Waals surface area contributed by atoms with Crippen LogP contribution >= 0.6 is 0 Å². The molecule has 1 aliphatic heterocycles. The van der Waals surface area contributed by atoms with Crippen molar-refractivity contribution in [2.45, 2.75) is 19.4 Å². The minimum absolute atomic E-state index is 0.0538. The molecule has 0 aromatic heterocycles. The lowest BCUT2D eigenvalue weighted by Crippen LogP contribution is -2.36. The van der Waals surface area contributed by atoms with Crippen LogP contribution in [-0.4, -0.2) is 23.9 Å². The second-order valence-electron chi connectivity index (χ2n) is 4.16. The Morgan fingerprint density at radius 2 is 2.31 bits per heavy atom. The fourth-order valence-corrected chi connectivity index (χ4v) is 1.87. The zero-order chi connectivity index (χ0) is 11.5. The van der Waals surface area contributed by atoms with Gasteiger partial charge in [-0.25, -0.2) is 0 Å². The average Bonchev–Trinajstić information content (AvgIpc) is 2.64. The third-order valence-corrected chi connectivity index (χ3v) is 2.78. The Kier molecular flexibility index (Phi) is 2.95. The summed E-state index contributed by atoms with van der Waals surface area (Å²) < 4.78 is 0. The van der Waals surface area contributed by atoms with Crippen LogP contribution in [0.2, 0.25) is 0 Å². The van der Waals surface area contributed by atoms with Crippen molar-refractivity contribution in [2.24, 2.45) is 0 Å². The largest absolute Gasteiger partial charge is 0.369 e. The summed E-state index contributed by atoms with van der Waals surface area (Å²) in [5.74, 6) is 0.0538. The van der Waals surface area contributed by atoms with Crippen LogP contribution in [0.25, 0.3) is 0 Å². The highest BCUT2D eigenvalue weighted by molar-refractivity contribution is 5.95. The lowest BCUT2D eigenvalue weighted by atomic mass is 10.2. The number of nitrogens with zero attached hydrogens (tertiary/aromatic N) is 1. The molecule has 2 rings (SSSR count). The van der Waals surface area contributed by atoms with E-state index in [0.717, 1.165) is 17.7 Å². The van der Waals surface area contributed by atoms with Gasteiger partial charge in [-0.15, -0.1) is 0 Å². The van der Waals surface area contributed by atoms with E-state index in [0.29, 0.717) is 0 Å². The zero-order valence-corrected chi connectivity index (χ0v) is 9.60. The fourth-order valence-electron chi connectivity index (χ4n) is 1.87. The van der Waals surface area contributed by atoms with E-state index in [1.54, 1.807) is 0 Å². The van der Waals surface area contributed by atoms with Gasteiger partial charge in [0, 0.05) is 12.7 Å². The molecule has 16 heavy (non-hydrogen) atoms. The number of aryl methyl sites for hydroxylation is 1. The van der Waals surface area contributed by atoms with Gasteiger partial charge in [-0.2, -0.15) is 0 Å². The summed E-state index contributed by atoms with van der Waals surface area (Å²) in [6, 6.07) is 7.77. The van der Waals surface area contributed by atoms with Crippen LogP contribution in [0.15, 0.2) is 36.5 Å². The maximum atomic E-state index is 11.9. The fraction of sp³-hybridized carbons (Fsp3) is 0.308. The van der Waals surface area contributed by atoms with Crippen LogP contribution in [0.1, 0.15) is 12.0 Å². The van der Waals surface area contributed by atoms with E-state index in [1.807, 2.05) is 55.4 Å². The number of hydrogen-bond donors (Lipinski definition) is 1. The molecule has 0 aliphatic carbocycles. The third kappa shape index (κ3) is 2.24. The van der Waals surface area contributed by atoms with Crippen LogP contribution < -0.4 is 5.32 Å². The molecule has 1 amide bonds. The summed E-state index contributed by atoms with van der Waals surface area (Å²) in [5.41, 5.74) is 2.01. The predicted octanol–water partition coefficient (Wildman–Crippen LogP) is 2.15. The van der Waals surface area contributed by atoms with Gasteiger partial charge in [0.15, 0.2) is 0 Å². The van der Waals surface area contributed by atoms with Crippen molar-refractivity contribution in [3.8, 4) is 0 Å². The molecule has 1 aliphatic rings. The average molecular weight is 216 g/mol. The molecule has 1 atom stereocenters. The molecule has 1 aromatic rings. The highest BCUT2D eigenvalue weighted by atomic mass is 16.2. The Labute approximate surface area is 95.8 Å². The van der Waals surface area contributed by atoms with Gasteiger partial charge in [0.2, 0.25) is 5.91 Å². The lowest BCUT2D eigenvalue weighted by Gasteiger charge is -2.20. The number of carbonyl (C=O) groups excluding carboxylic acids is 1. The van der Waals surface area contributed by atoms with Crippen molar-refractivity contribution in [1.82, 2.24) is 4.90 Å². The third-order valence-electron chi connectivity index (χ3n) is 2.78. The van der Waals surface area contributed by atoms with Crippen LogP contribution in [0.3, 0.4) is 0 Å². The molecule has 3 heteroatoms. The van der Waals surface area contributed by atoms with Crippen LogP contribution in [0.4, 0.5) is 5.69 Å². The minimum atomic E-state index is -0.0690. The van der Waals surface area contributed by atoms with Gasteiger partial charge in [0.25, 0.3) is 0 Å². The molecule has 0 spiro atoms. The molecule has 0 fully saturated rings. The van der Waals surface area contributed by atoms with E-state index in [2.05, 4.69) is 5.32 Å². The maximum absolute atomic E-state index is 11.9. The molecule has 0 saturated carbocycles. The number of benzene rings is 1. The first kappa shape index (κ1) is 10.7. The number of hydrogen-bond acceptors (Lipinski definition) is 2. The summed E-state index contributed by atoms with van der Waals surface area (Å²) in [7, 11) is 1.92. The summed E-state index contributed by atoms with van der Waals surface area (Å²) in [6.07, 6.45) is 4.75. The van der Waals surface area contributed by atoms with Gasteiger partial charge in [-0.3, -0.25) is 4.79 Å². The highest BCUT2D eigenvalue weighted by Gasteiger charge is 2.23. The van der Waals surface area contributed by atoms with E-state index in [4.69, 9.17) is 0 Å². The van der Waals surface area contributed by atoms with E-state index >= 15 is 0 Å². The molecule has 1 aromatic carbocycles.